The van der Waals surface area contributed by atoms with Crippen LogP contribution in [0.15, 0.2) is 18.2 Å². The van der Waals surface area contributed by atoms with Gasteiger partial charge in [0.2, 0.25) is 0 Å². The number of carboxylic acid groups (broad SMARTS) is 1. The molecule has 4 nitrogen and oxygen atoms in total. The highest BCUT2D eigenvalue weighted by Gasteiger charge is 2.33. The van der Waals surface area contributed by atoms with Gasteiger partial charge in [-0.3, -0.25) is 0 Å². The first-order valence-corrected chi connectivity index (χ1v) is 7.91. The number of rotatable bonds is 3. The molecule has 4 heteroatoms. The number of fused-ring (bicyclic) bond motifs is 1. The number of hydrogen-bond donors (Lipinski definition) is 1. The molecule has 0 saturated heterocycles. The molecule has 1 unspecified atom stereocenters. The third kappa shape index (κ3) is 2.59. The van der Waals surface area contributed by atoms with Gasteiger partial charge >= 0.3 is 5.97 Å². The van der Waals surface area contributed by atoms with E-state index in [9.17, 15) is 4.79 Å². The molecular formula is C17H24N2O2. The summed E-state index contributed by atoms with van der Waals surface area (Å²) in [6.07, 6.45) is 8.32. The zero-order valence-corrected chi connectivity index (χ0v) is 12.9. The Bertz CT molecular complexity index is 538. The Hall–Kier alpha value is -1.71. The monoisotopic (exact) mass is 288 g/mol. The van der Waals surface area contributed by atoms with Crippen molar-refractivity contribution in [2.24, 2.45) is 5.92 Å². The Morgan fingerprint density at radius 3 is 2.48 bits per heavy atom. The van der Waals surface area contributed by atoms with Gasteiger partial charge < -0.3 is 14.9 Å². The maximum absolute atomic E-state index is 11.2. The molecule has 0 amide bonds. The summed E-state index contributed by atoms with van der Waals surface area (Å²) in [5.41, 5.74) is 2.55. The standard InChI is InChI=1S/C17H24N2O2/c1-18-14-9-8-13(17(20)21)11-15(14)19(2)16(18)10-12-6-4-3-5-7-12/h8-9,11-12,16H,3-7,10H2,1-2H3,(H,20,21). The molecule has 1 saturated carbocycles. The second-order valence-corrected chi connectivity index (χ2v) is 6.45. The first kappa shape index (κ1) is 14.2. The number of carbonyl (C=O) groups is 1. The molecule has 1 fully saturated rings. The summed E-state index contributed by atoms with van der Waals surface area (Å²) in [7, 11) is 4.21. The molecule has 0 spiro atoms. The van der Waals surface area contributed by atoms with E-state index in [1.165, 1.54) is 38.5 Å². The van der Waals surface area contributed by atoms with Crippen molar-refractivity contribution in [3.63, 3.8) is 0 Å². The van der Waals surface area contributed by atoms with Crippen LogP contribution in [0, 0.1) is 5.92 Å². The minimum Gasteiger partial charge on any atom is -0.478 e. The average Bonchev–Trinajstić information content (AvgIpc) is 2.73. The van der Waals surface area contributed by atoms with Crippen LogP contribution in [0.3, 0.4) is 0 Å². The van der Waals surface area contributed by atoms with E-state index in [0.29, 0.717) is 11.7 Å². The molecule has 1 aliphatic heterocycles. The SMILES string of the molecule is CN1c2ccc(C(=O)O)cc2N(C)C1CC1CCCCC1. The molecule has 0 radical (unpaired) electrons. The normalized spacial score (nSPS) is 22.5. The third-order valence-corrected chi connectivity index (χ3v) is 5.15. The smallest absolute Gasteiger partial charge is 0.335 e. The van der Waals surface area contributed by atoms with E-state index in [1.807, 2.05) is 6.07 Å². The van der Waals surface area contributed by atoms with Crippen LogP contribution in [-0.4, -0.2) is 31.3 Å². The predicted octanol–water partition coefficient (Wildman–Crippen LogP) is 3.57. The first-order valence-electron chi connectivity index (χ1n) is 7.91. The highest BCUT2D eigenvalue weighted by molar-refractivity contribution is 5.92. The lowest BCUT2D eigenvalue weighted by molar-refractivity contribution is 0.0697. The van der Waals surface area contributed by atoms with Crippen LogP contribution in [-0.2, 0) is 0 Å². The topological polar surface area (TPSA) is 43.8 Å². The lowest BCUT2D eigenvalue weighted by Crippen LogP contribution is -2.40. The maximum atomic E-state index is 11.2. The van der Waals surface area contributed by atoms with Gasteiger partial charge in [-0.15, -0.1) is 0 Å². The minimum atomic E-state index is -0.857. The zero-order chi connectivity index (χ0) is 15.0. The van der Waals surface area contributed by atoms with E-state index >= 15 is 0 Å². The van der Waals surface area contributed by atoms with Gasteiger partial charge in [0.25, 0.3) is 0 Å². The van der Waals surface area contributed by atoms with Crippen molar-refractivity contribution in [3.8, 4) is 0 Å². The van der Waals surface area contributed by atoms with E-state index in [2.05, 4.69) is 23.9 Å². The molecule has 114 valence electrons. The van der Waals surface area contributed by atoms with E-state index in [0.717, 1.165) is 17.3 Å². The van der Waals surface area contributed by atoms with Gasteiger partial charge in [0.05, 0.1) is 16.9 Å². The van der Waals surface area contributed by atoms with Gasteiger partial charge in [0, 0.05) is 14.1 Å². The molecule has 0 aromatic heterocycles. The van der Waals surface area contributed by atoms with Gasteiger partial charge in [-0.25, -0.2) is 4.79 Å². The van der Waals surface area contributed by atoms with Gasteiger partial charge in [0.1, 0.15) is 6.17 Å². The Balaban J connectivity index is 1.80. The van der Waals surface area contributed by atoms with E-state index in [-0.39, 0.29) is 0 Å². The van der Waals surface area contributed by atoms with Crippen LogP contribution >= 0.6 is 0 Å². The fourth-order valence-electron chi connectivity index (χ4n) is 3.86. The fraction of sp³-hybridized carbons (Fsp3) is 0.588. The quantitative estimate of drug-likeness (QED) is 0.923. The lowest BCUT2D eigenvalue weighted by atomic mass is 9.86. The molecule has 1 atom stereocenters. The van der Waals surface area contributed by atoms with Crippen molar-refractivity contribution in [2.45, 2.75) is 44.7 Å². The van der Waals surface area contributed by atoms with Gasteiger partial charge in [-0.1, -0.05) is 32.1 Å². The number of aromatic carboxylic acids is 1. The first-order chi connectivity index (χ1) is 10.1. The molecule has 21 heavy (non-hydrogen) atoms. The Labute approximate surface area is 126 Å². The maximum Gasteiger partial charge on any atom is 0.335 e. The summed E-state index contributed by atoms with van der Waals surface area (Å²) in [4.78, 5) is 15.7. The van der Waals surface area contributed by atoms with Crippen molar-refractivity contribution in [3.05, 3.63) is 23.8 Å². The molecule has 1 N–H and O–H groups in total. The molecular weight excluding hydrogens is 264 g/mol. The van der Waals surface area contributed by atoms with Crippen LogP contribution in [0.1, 0.15) is 48.9 Å². The van der Waals surface area contributed by atoms with Crippen molar-refractivity contribution in [2.75, 3.05) is 23.9 Å². The van der Waals surface area contributed by atoms with Gasteiger partial charge in [-0.05, 0) is 30.5 Å². The molecule has 1 aromatic carbocycles. The second kappa shape index (κ2) is 5.58. The van der Waals surface area contributed by atoms with Gasteiger partial charge in [0.15, 0.2) is 0 Å². The Morgan fingerprint density at radius 1 is 1.14 bits per heavy atom. The number of nitrogens with zero attached hydrogens (tertiary/aromatic N) is 2. The minimum absolute atomic E-state index is 0.354. The molecule has 1 aliphatic carbocycles. The number of anilines is 2. The fourth-order valence-corrected chi connectivity index (χ4v) is 3.86. The van der Waals surface area contributed by atoms with Crippen LogP contribution < -0.4 is 9.80 Å². The van der Waals surface area contributed by atoms with E-state index in [1.54, 1.807) is 12.1 Å². The summed E-state index contributed by atoms with van der Waals surface area (Å²) < 4.78 is 0. The molecule has 2 aliphatic rings. The van der Waals surface area contributed by atoms with Gasteiger partial charge in [-0.2, -0.15) is 0 Å². The molecule has 1 heterocycles. The van der Waals surface area contributed by atoms with Crippen LogP contribution in [0.2, 0.25) is 0 Å². The molecule has 0 bridgehead atoms. The van der Waals surface area contributed by atoms with Crippen molar-refractivity contribution in [1.29, 1.82) is 0 Å². The predicted molar refractivity (Wildman–Crippen MR) is 85.2 cm³/mol. The summed E-state index contributed by atoms with van der Waals surface area (Å²) in [6, 6.07) is 5.44. The molecule has 3 rings (SSSR count). The lowest BCUT2D eigenvalue weighted by Gasteiger charge is -2.32. The van der Waals surface area contributed by atoms with Crippen molar-refractivity contribution in [1.82, 2.24) is 0 Å². The number of hydrogen-bond acceptors (Lipinski definition) is 3. The highest BCUT2D eigenvalue weighted by Crippen LogP contribution is 2.41. The highest BCUT2D eigenvalue weighted by atomic mass is 16.4. The van der Waals surface area contributed by atoms with E-state index in [4.69, 9.17) is 5.11 Å². The van der Waals surface area contributed by atoms with E-state index < -0.39 is 5.97 Å². The summed E-state index contributed by atoms with van der Waals surface area (Å²) in [5, 5.41) is 9.16. The van der Waals surface area contributed by atoms with Crippen molar-refractivity contribution < 1.29 is 9.90 Å². The number of benzene rings is 1. The summed E-state index contributed by atoms with van der Waals surface area (Å²) in [5.74, 6) is -0.0495. The Morgan fingerprint density at radius 2 is 1.81 bits per heavy atom. The Kier molecular flexibility index (Phi) is 3.79. The second-order valence-electron chi connectivity index (χ2n) is 6.45. The summed E-state index contributed by atoms with van der Waals surface area (Å²) >= 11 is 0. The van der Waals surface area contributed by atoms with Crippen LogP contribution in [0.5, 0.6) is 0 Å². The largest absolute Gasteiger partial charge is 0.478 e. The zero-order valence-electron chi connectivity index (χ0n) is 12.9. The van der Waals surface area contributed by atoms with Crippen LogP contribution in [0.25, 0.3) is 0 Å². The van der Waals surface area contributed by atoms with Crippen LogP contribution in [0.4, 0.5) is 11.4 Å². The average molecular weight is 288 g/mol. The summed E-state index contributed by atoms with van der Waals surface area (Å²) in [6.45, 7) is 0. The molecule has 1 aromatic rings. The van der Waals surface area contributed by atoms with Crippen molar-refractivity contribution >= 4 is 17.3 Å². The number of carboxylic acids is 1. The third-order valence-electron chi connectivity index (χ3n) is 5.15.